The van der Waals surface area contributed by atoms with E-state index >= 15 is 0 Å². The first kappa shape index (κ1) is 22.4. The quantitative estimate of drug-likeness (QED) is 0.638. The van der Waals surface area contributed by atoms with Crippen LogP contribution in [0.2, 0.25) is 0 Å². The molecule has 33 heavy (non-hydrogen) atoms. The van der Waals surface area contributed by atoms with Crippen LogP contribution in [0, 0.1) is 18.3 Å². The third-order valence-corrected chi connectivity index (χ3v) is 5.62. The minimum Gasteiger partial charge on any atom is -0.378 e. The van der Waals surface area contributed by atoms with Crippen LogP contribution in [0.1, 0.15) is 47.2 Å². The molecule has 0 aromatic carbocycles. The van der Waals surface area contributed by atoms with E-state index in [0.717, 1.165) is 28.2 Å². The molecule has 4 rings (SSSR count). The first-order valence-electron chi connectivity index (χ1n) is 10.9. The van der Waals surface area contributed by atoms with Crippen molar-refractivity contribution in [3.05, 3.63) is 65.5 Å². The Morgan fingerprint density at radius 2 is 1.94 bits per heavy atom. The number of ether oxygens (including phenoxy) is 1. The average molecular weight is 443 g/mol. The van der Waals surface area contributed by atoms with Gasteiger partial charge in [-0.1, -0.05) is 13.8 Å². The molecule has 0 saturated carbocycles. The van der Waals surface area contributed by atoms with Gasteiger partial charge in [0.25, 0.3) is 5.91 Å². The molecule has 1 aliphatic rings. The highest BCUT2D eigenvalue weighted by molar-refractivity contribution is 6.04. The molecule has 0 aliphatic carbocycles. The summed E-state index contributed by atoms with van der Waals surface area (Å²) < 4.78 is 5.44. The van der Waals surface area contributed by atoms with E-state index in [4.69, 9.17) is 4.74 Å². The Kier molecular flexibility index (Phi) is 6.61. The predicted octanol–water partition coefficient (Wildman–Crippen LogP) is 3.93. The van der Waals surface area contributed by atoms with Crippen LogP contribution in [0.15, 0.2) is 42.9 Å². The van der Waals surface area contributed by atoms with Gasteiger partial charge in [0.2, 0.25) is 0 Å². The standard InChI is InChI=1S/C25H26N6O2/c1-16(2)22-10-18(4-5-27-22)25(32)30-20-12-21(17(3)28-15-20)19-11-24(23(13-26)29-14-19)31-6-8-33-9-7-31/h4-5,10-12,14-16H,6-9H2,1-3H3,(H,30,32). The van der Waals surface area contributed by atoms with Gasteiger partial charge in [-0.3, -0.25) is 14.8 Å². The minimum atomic E-state index is -0.220. The fraction of sp³-hybridized carbons (Fsp3) is 0.320. The Morgan fingerprint density at radius 3 is 2.67 bits per heavy atom. The summed E-state index contributed by atoms with van der Waals surface area (Å²) in [6.45, 7) is 8.63. The van der Waals surface area contributed by atoms with E-state index in [1.807, 2.05) is 39.0 Å². The molecule has 0 bridgehead atoms. The van der Waals surface area contributed by atoms with Crippen LogP contribution in [0.25, 0.3) is 11.1 Å². The van der Waals surface area contributed by atoms with E-state index in [9.17, 15) is 10.1 Å². The number of hydrogen-bond acceptors (Lipinski definition) is 7. The van der Waals surface area contributed by atoms with Crippen LogP contribution in [0.5, 0.6) is 0 Å². The number of carbonyl (C=O) groups is 1. The number of aryl methyl sites for hydroxylation is 1. The van der Waals surface area contributed by atoms with E-state index in [0.29, 0.717) is 43.2 Å². The zero-order valence-electron chi connectivity index (χ0n) is 19.0. The number of hydrogen-bond donors (Lipinski definition) is 1. The first-order valence-corrected chi connectivity index (χ1v) is 10.9. The van der Waals surface area contributed by atoms with E-state index in [-0.39, 0.29) is 11.8 Å². The number of carbonyl (C=O) groups excluding carboxylic acids is 1. The lowest BCUT2D eigenvalue weighted by molar-refractivity contribution is 0.102. The molecular formula is C25H26N6O2. The molecule has 4 heterocycles. The monoisotopic (exact) mass is 442 g/mol. The number of nitriles is 1. The molecule has 0 unspecified atom stereocenters. The van der Waals surface area contributed by atoms with Gasteiger partial charge < -0.3 is 15.0 Å². The lowest BCUT2D eigenvalue weighted by atomic mass is 10.0. The second-order valence-electron chi connectivity index (χ2n) is 8.24. The van der Waals surface area contributed by atoms with E-state index in [1.165, 1.54) is 0 Å². The minimum absolute atomic E-state index is 0.220. The van der Waals surface area contributed by atoms with Gasteiger partial charge in [-0.05, 0) is 37.1 Å². The van der Waals surface area contributed by atoms with Crippen LogP contribution < -0.4 is 10.2 Å². The maximum absolute atomic E-state index is 12.8. The topological polar surface area (TPSA) is 104 Å². The summed E-state index contributed by atoms with van der Waals surface area (Å²) in [6.07, 6.45) is 4.97. The number of rotatable bonds is 5. The number of pyridine rings is 3. The summed E-state index contributed by atoms with van der Waals surface area (Å²) in [4.78, 5) is 28.1. The first-order chi connectivity index (χ1) is 16.0. The van der Waals surface area contributed by atoms with Crippen LogP contribution >= 0.6 is 0 Å². The highest BCUT2D eigenvalue weighted by atomic mass is 16.5. The van der Waals surface area contributed by atoms with Gasteiger partial charge >= 0.3 is 0 Å². The number of anilines is 2. The van der Waals surface area contributed by atoms with Crippen LogP contribution in [-0.2, 0) is 4.74 Å². The molecule has 1 amide bonds. The van der Waals surface area contributed by atoms with Crippen molar-refractivity contribution in [2.24, 2.45) is 0 Å². The second kappa shape index (κ2) is 9.76. The Labute approximate surface area is 193 Å². The fourth-order valence-electron chi connectivity index (χ4n) is 3.73. The van der Waals surface area contributed by atoms with Crippen molar-refractivity contribution in [2.75, 3.05) is 36.5 Å². The maximum atomic E-state index is 12.8. The van der Waals surface area contributed by atoms with Gasteiger partial charge in [0.15, 0.2) is 5.69 Å². The van der Waals surface area contributed by atoms with Crippen molar-refractivity contribution in [3.63, 3.8) is 0 Å². The van der Waals surface area contributed by atoms with Gasteiger partial charge in [0, 0.05) is 53.6 Å². The number of nitrogens with one attached hydrogen (secondary N) is 1. The normalized spacial score (nSPS) is 13.6. The summed E-state index contributed by atoms with van der Waals surface area (Å²) >= 11 is 0. The molecule has 8 heteroatoms. The van der Waals surface area contributed by atoms with Gasteiger partial charge in [-0.2, -0.15) is 5.26 Å². The van der Waals surface area contributed by atoms with Crippen LogP contribution in [-0.4, -0.2) is 47.2 Å². The molecule has 8 nitrogen and oxygen atoms in total. The number of aromatic nitrogens is 3. The third-order valence-electron chi connectivity index (χ3n) is 5.62. The smallest absolute Gasteiger partial charge is 0.255 e. The SMILES string of the molecule is Cc1ncc(NC(=O)c2ccnc(C(C)C)c2)cc1-c1cnc(C#N)c(N2CCOCC2)c1. The second-order valence-corrected chi connectivity index (χ2v) is 8.24. The summed E-state index contributed by atoms with van der Waals surface area (Å²) in [7, 11) is 0. The van der Waals surface area contributed by atoms with Crippen molar-refractivity contribution in [2.45, 2.75) is 26.7 Å². The largest absolute Gasteiger partial charge is 0.378 e. The van der Waals surface area contributed by atoms with Gasteiger partial charge in [0.1, 0.15) is 6.07 Å². The summed E-state index contributed by atoms with van der Waals surface area (Å²) in [5.41, 5.74) is 5.65. The van der Waals surface area contributed by atoms with Crippen LogP contribution in [0.3, 0.4) is 0 Å². The van der Waals surface area contributed by atoms with E-state index in [1.54, 1.807) is 24.7 Å². The van der Waals surface area contributed by atoms with Crippen molar-refractivity contribution in [3.8, 4) is 17.2 Å². The molecule has 0 radical (unpaired) electrons. The molecule has 1 aliphatic heterocycles. The average Bonchev–Trinajstić information content (AvgIpc) is 2.85. The highest BCUT2D eigenvalue weighted by Crippen LogP contribution is 2.30. The summed E-state index contributed by atoms with van der Waals surface area (Å²) in [5.74, 6) is 0.0119. The van der Waals surface area contributed by atoms with Gasteiger partial charge in [-0.15, -0.1) is 0 Å². The van der Waals surface area contributed by atoms with E-state index < -0.39 is 0 Å². The zero-order chi connectivity index (χ0) is 23.4. The summed E-state index contributed by atoms with van der Waals surface area (Å²) in [5, 5.41) is 12.5. The third kappa shape index (κ3) is 4.99. The molecule has 168 valence electrons. The van der Waals surface area contributed by atoms with E-state index in [2.05, 4.69) is 31.2 Å². The maximum Gasteiger partial charge on any atom is 0.255 e. The lowest BCUT2D eigenvalue weighted by Crippen LogP contribution is -2.36. The predicted molar refractivity (Wildman–Crippen MR) is 126 cm³/mol. The Morgan fingerprint density at radius 1 is 1.15 bits per heavy atom. The Bertz CT molecular complexity index is 1210. The molecule has 0 spiro atoms. The van der Waals surface area contributed by atoms with Crippen molar-refractivity contribution in [1.82, 2.24) is 15.0 Å². The Balaban J connectivity index is 1.63. The van der Waals surface area contributed by atoms with Gasteiger partial charge in [-0.25, -0.2) is 4.98 Å². The lowest BCUT2D eigenvalue weighted by Gasteiger charge is -2.29. The molecule has 3 aromatic rings. The summed E-state index contributed by atoms with van der Waals surface area (Å²) in [6, 6.07) is 9.54. The van der Waals surface area contributed by atoms with Crippen molar-refractivity contribution in [1.29, 1.82) is 5.26 Å². The van der Waals surface area contributed by atoms with Gasteiger partial charge in [0.05, 0.1) is 30.8 Å². The number of amides is 1. The molecule has 3 aromatic heterocycles. The number of morpholine rings is 1. The highest BCUT2D eigenvalue weighted by Gasteiger charge is 2.18. The molecule has 1 saturated heterocycles. The molecular weight excluding hydrogens is 416 g/mol. The van der Waals surface area contributed by atoms with Crippen molar-refractivity contribution < 1.29 is 9.53 Å². The fourth-order valence-corrected chi connectivity index (χ4v) is 3.73. The Hall–Kier alpha value is -3.83. The molecule has 1 N–H and O–H groups in total. The molecule has 0 atom stereocenters. The zero-order valence-corrected chi connectivity index (χ0v) is 19.0. The van der Waals surface area contributed by atoms with Crippen LogP contribution in [0.4, 0.5) is 11.4 Å². The molecule has 1 fully saturated rings. The van der Waals surface area contributed by atoms with Crippen molar-refractivity contribution >= 4 is 17.3 Å². The number of nitrogens with zero attached hydrogens (tertiary/aromatic N) is 5.